The number of hydrogen-bond acceptors (Lipinski definition) is 3. The summed E-state index contributed by atoms with van der Waals surface area (Å²) in [6, 6.07) is 28.4. The molecule has 0 radical (unpaired) electrons. The number of rotatable bonds is 6. The van der Waals surface area contributed by atoms with Crippen LogP contribution in [0.25, 0.3) is 11.5 Å². The minimum atomic E-state index is 0.165. The van der Waals surface area contributed by atoms with Crippen LogP contribution in [0.1, 0.15) is 23.1 Å². The molecule has 3 aromatic carbocycles. The number of hydrogen-bond donors (Lipinski definition) is 1. The minimum Gasteiger partial charge on any atom is -0.415 e. The molecular formula is C22H19ClN3O+. The summed E-state index contributed by atoms with van der Waals surface area (Å²) in [7, 11) is 0. The van der Waals surface area contributed by atoms with Crippen molar-refractivity contribution in [2.45, 2.75) is 12.6 Å². The SMILES string of the molecule is Clc1ccc(-c2nnc(C[NH2+]C(c3ccccc3)c3ccccc3)o2)cc1. The van der Waals surface area contributed by atoms with Gasteiger partial charge in [-0.1, -0.05) is 72.3 Å². The van der Waals surface area contributed by atoms with Gasteiger partial charge in [0.2, 0.25) is 5.89 Å². The zero-order valence-corrected chi connectivity index (χ0v) is 15.4. The average Bonchev–Trinajstić information content (AvgIpc) is 3.19. The Hall–Kier alpha value is -2.95. The molecule has 134 valence electrons. The number of nitrogens with zero attached hydrogens (tertiary/aromatic N) is 2. The highest BCUT2D eigenvalue weighted by molar-refractivity contribution is 6.30. The Balaban J connectivity index is 1.52. The molecule has 0 bridgehead atoms. The molecule has 0 spiro atoms. The molecule has 2 N–H and O–H groups in total. The number of nitrogens with two attached hydrogens (primary N) is 1. The monoisotopic (exact) mass is 376 g/mol. The highest BCUT2D eigenvalue weighted by Gasteiger charge is 2.19. The smallest absolute Gasteiger partial charge is 0.271 e. The summed E-state index contributed by atoms with van der Waals surface area (Å²) < 4.78 is 5.84. The Morgan fingerprint density at radius 3 is 1.96 bits per heavy atom. The van der Waals surface area contributed by atoms with Gasteiger partial charge in [0.1, 0.15) is 6.04 Å². The molecule has 1 heterocycles. The van der Waals surface area contributed by atoms with Crippen LogP contribution in [0.15, 0.2) is 89.3 Å². The highest BCUT2D eigenvalue weighted by atomic mass is 35.5. The zero-order valence-electron chi connectivity index (χ0n) is 14.6. The summed E-state index contributed by atoms with van der Waals surface area (Å²) in [6.45, 7) is 0.592. The third kappa shape index (κ3) is 4.25. The van der Waals surface area contributed by atoms with Crippen molar-refractivity contribution in [3.8, 4) is 11.5 Å². The summed E-state index contributed by atoms with van der Waals surface area (Å²) in [6.07, 6.45) is 0. The van der Waals surface area contributed by atoms with Gasteiger partial charge in [0.15, 0.2) is 6.54 Å². The fourth-order valence-electron chi connectivity index (χ4n) is 3.05. The molecule has 1 aromatic heterocycles. The molecule has 0 amide bonds. The van der Waals surface area contributed by atoms with Crippen molar-refractivity contribution in [1.82, 2.24) is 10.2 Å². The maximum Gasteiger partial charge on any atom is 0.271 e. The van der Waals surface area contributed by atoms with Crippen molar-refractivity contribution in [1.29, 1.82) is 0 Å². The molecule has 0 unspecified atom stereocenters. The van der Waals surface area contributed by atoms with Gasteiger partial charge in [-0.2, -0.15) is 0 Å². The average molecular weight is 377 g/mol. The van der Waals surface area contributed by atoms with Crippen LogP contribution in [0.4, 0.5) is 0 Å². The quantitative estimate of drug-likeness (QED) is 0.547. The fraction of sp³-hybridized carbons (Fsp3) is 0.0909. The maximum atomic E-state index is 5.93. The minimum absolute atomic E-state index is 0.165. The second kappa shape index (κ2) is 8.16. The van der Waals surface area contributed by atoms with Crippen LogP contribution in [-0.2, 0) is 6.54 Å². The lowest BCUT2D eigenvalue weighted by atomic mass is 9.99. The van der Waals surface area contributed by atoms with E-state index in [1.54, 1.807) is 0 Å². The zero-order chi connectivity index (χ0) is 18.5. The standard InChI is InChI=1S/C22H18ClN3O/c23-19-13-11-18(12-14-19)22-26-25-20(27-22)15-24-21(16-7-3-1-4-8-16)17-9-5-2-6-10-17/h1-14,21,24H,15H2/p+1. The largest absolute Gasteiger partial charge is 0.415 e. The lowest BCUT2D eigenvalue weighted by Crippen LogP contribution is -2.84. The number of quaternary nitrogens is 1. The summed E-state index contributed by atoms with van der Waals surface area (Å²) in [5, 5.41) is 11.2. The fourth-order valence-corrected chi connectivity index (χ4v) is 3.18. The van der Waals surface area contributed by atoms with Crippen molar-refractivity contribution in [3.05, 3.63) is 107 Å². The van der Waals surface area contributed by atoms with Crippen LogP contribution >= 0.6 is 11.6 Å². The predicted octanol–water partition coefficient (Wildman–Crippen LogP) is 4.24. The lowest BCUT2D eigenvalue weighted by Gasteiger charge is -2.15. The van der Waals surface area contributed by atoms with Gasteiger partial charge in [-0.25, -0.2) is 0 Å². The first-order chi connectivity index (χ1) is 13.3. The molecule has 4 aromatic rings. The van der Waals surface area contributed by atoms with E-state index in [4.69, 9.17) is 16.0 Å². The van der Waals surface area contributed by atoms with E-state index in [1.165, 1.54) is 11.1 Å². The third-order valence-corrected chi connectivity index (χ3v) is 4.66. The van der Waals surface area contributed by atoms with Gasteiger partial charge in [0.05, 0.1) is 0 Å². The Morgan fingerprint density at radius 2 is 1.37 bits per heavy atom. The lowest BCUT2D eigenvalue weighted by molar-refractivity contribution is -0.704. The maximum absolute atomic E-state index is 5.93. The second-order valence-electron chi connectivity index (χ2n) is 6.25. The van der Waals surface area contributed by atoms with E-state index in [9.17, 15) is 0 Å². The van der Waals surface area contributed by atoms with Gasteiger partial charge in [-0.15, -0.1) is 10.2 Å². The molecule has 0 saturated heterocycles. The first-order valence-corrected chi connectivity index (χ1v) is 9.19. The molecule has 0 aliphatic rings. The van der Waals surface area contributed by atoms with Crippen molar-refractivity contribution >= 4 is 11.6 Å². The van der Waals surface area contributed by atoms with Gasteiger partial charge >= 0.3 is 0 Å². The molecule has 5 heteroatoms. The third-order valence-electron chi connectivity index (χ3n) is 4.40. The normalized spacial score (nSPS) is 11.0. The number of benzene rings is 3. The summed E-state index contributed by atoms with van der Waals surface area (Å²) in [5.74, 6) is 1.10. The van der Waals surface area contributed by atoms with Crippen LogP contribution in [0.2, 0.25) is 5.02 Å². The van der Waals surface area contributed by atoms with Gasteiger partial charge in [0.25, 0.3) is 5.89 Å². The van der Waals surface area contributed by atoms with E-state index < -0.39 is 0 Å². The molecule has 0 saturated carbocycles. The Labute approximate surface area is 162 Å². The van der Waals surface area contributed by atoms with Crippen LogP contribution in [0.3, 0.4) is 0 Å². The van der Waals surface area contributed by atoms with Crippen molar-refractivity contribution in [2.24, 2.45) is 0 Å². The highest BCUT2D eigenvalue weighted by Crippen LogP contribution is 2.21. The van der Waals surface area contributed by atoms with Crippen molar-refractivity contribution in [3.63, 3.8) is 0 Å². The van der Waals surface area contributed by atoms with Crippen molar-refractivity contribution in [2.75, 3.05) is 0 Å². The van der Waals surface area contributed by atoms with E-state index in [-0.39, 0.29) is 6.04 Å². The van der Waals surface area contributed by atoms with Crippen LogP contribution < -0.4 is 5.32 Å². The molecule has 0 fully saturated rings. The molecule has 4 rings (SSSR count). The van der Waals surface area contributed by atoms with Crippen LogP contribution in [0.5, 0.6) is 0 Å². The molecule has 4 nitrogen and oxygen atoms in total. The molecule has 0 aliphatic carbocycles. The molecule has 0 aliphatic heterocycles. The van der Waals surface area contributed by atoms with Gasteiger partial charge in [-0.05, 0) is 24.3 Å². The Kier molecular flexibility index (Phi) is 5.28. The Bertz CT molecular complexity index is 946. The van der Waals surface area contributed by atoms with Gasteiger partial charge in [-0.3, -0.25) is 0 Å². The topological polar surface area (TPSA) is 55.5 Å². The summed E-state index contributed by atoms with van der Waals surface area (Å²) >= 11 is 5.93. The van der Waals surface area contributed by atoms with Crippen LogP contribution in [-0.4, -0.2) is 10.2 Å². The van der Waals surface area contributed by atoms with Gasteiger partial charge in [0, 0.05) is 21.7 Å². The van der Waals surface area contributed by atoms with E-state index in [2.05, 4.69) is 64.0 Å². The first kappa shape index (κ1) is 17.5. The molecule has 27 heavy (non-hydrogen) atoms. The number of halogens is 1. The first-order valence-electron chi connectivity index (χ1n) is 8.81. The van der Waals surface area contributed by atoms with Crippen LogP contribution in [0, 0.1) is 0 Å². The second-order valence-corrected chi connectivity index (χ2v) is 6.68. The van der Waals surface area contributed by atoms with E-state index >= 15 is 0 Å². The molecule has 0 atom stereocenters. The Morgan fingerprint density at radius 1 is 0.778 bits per heavy atom. The van der Waals surface area contributed by atoms with Gasteiger partial charge < -0.3 is 9.73 Å². The van der Waals surface area contributed by atoms with E-state index in [0.29, 0.717) is 23.3 Å². The van der Waals surface area contributed by atoms with Crippen molar-refractivity contribution < 1.29 is 9.73 Å². The number of aromatic nitrogens is 2. The van der Waals surface area contributed by atoms with E-state index in [1.807, 2.05) is 36.4 Å². The summed E-state index contributed by atoms with van der Waals surface area (Å²) in [4.78, 5) is 0. The summed E-state index contributed by atoms with van der Waals surface area (Å²) in [5.41, 5.74) is 3.34. The predicted molar refractivity (Wildman–Crippen MR) is 105 cm³/mol. The van der Waals surface area contributed by atoms with E-state index in [0.717, 1.165) is 5.56 Å². The molecular weight excluding hydrogens is 358 g/mol.